The topological polar surface area (TPSA) is 38.2 Å². The van der Waals surface area contributed by atoms with Crippen molar-refractivity contribution >= 4 is 11.6 Å². The maximum absolute atomic E-state index is 5.84. The number of nitrogens with zero attached hydrogens (tertiary/aromatic N) is 3. The number of hydrogen-bond donors (Lipinski definition) is 0. The Bertz CT molecular complexity index is 583. The van der Waals surface area contributed by atoms with Gasteiger partial charge in [-0.15, -0.1) is 0 Å². The molecule has 4 nitrogen and oxygen atoms in total. The van der Waals surface area contributed by atoms with E-state index in [1.807, 2.05) is 0 Å². The number of hydrogen-bond acceptors (Lipinski definition) is 4. The summed E-state index contributed by atoms with van der Waals surface area (Å²) in [6.07, 6.45) is 5.29. The third-order valence-corrected chi connectivity index (χ3v) is 4.37. The molecule has 1 saturated heterocycles. The van der Waals surface area contributed by atoms with Gasteiger partial charge in [0, 0.05) is 19.1 Å². The molecule has 2 heterocycles. The van der Waals surface area contributed by atoms with Gasteiger partial charge < -0.3 is 4.74 Å². The minimum Gasteiger partial charge on any atom is -0.460 e. The molecule has 0 spiro atoms. The quantitative estimate of drug-likeness (QED) is 0.861. The van der Waals surface area contributed by atoms with Gasteiger partial charge in [-0.25, -0.2) is 9.97 Å². The van der Waals surface area contributed by atoms with Gasteiger partial charge in [0.2, 0.25) is 0 Å². The van der Waals surface area contributed by atoms with Crippen LogP contribution in [0.5, 0.6) is 6.01 Å². The average Bonchev–Trinajstić information content (AvgIpc) is 2.58. The summed E-state index contributed by atoms with van der Waals surface area (Å²) >= 11 is 5.78. The van der Waals surface area contributed by atoms with Gasteiger partial charge in [-0.3, -0.25) is 4.90 Å². The summed E-state index contributed by atoms with van der Waals surface area (Å²) in [5.74, 6) is 0. The lowest BCUT2D eigenvalue weighted by atomic mass is 10.0. The molecule has 1 aliphatic rings. The third-order valence-electron chi connectivity index (χ3n) is 4.17. The maximum Gasteiger partial charge on any atom is 0.316 e. The number of ether oxygens (including phenoxy) is 1. The highest BCUT2D eigenvalue weighted by atomic mass is 35.5. The van der Waals surface area contributed by atoms with Gasteiger partial charge in [0.1, 0.15) is 6.10 Å². The Morgan fingerprint density at radius 1 is 1.14 bits per heavy atom. The van der Waals surface area contributed by atoms with E-state index in [1.165, 1.54) is 5.56 Å². The highest BCUT2D eigenvalue weighted by molar-refractivity contribution is 6.30. The van der Waals surface area contributed by atoms with Crippen LogP contribution in [0.15, 0.2) is 42.7 Å². The second kappa shape index (κ2) is 7.07. The lowest BCUT2D eigenvalue weighted by molar-refractivity contribution is 0.0736. The molecule has 0 amide bonds. The Labute approximate surface area is 136 Å². The fourth-order valence-corrected chi connectivity index (χ4v) is 2.93. The van der Waals surface area contributed by atoms with Crippen LogP contribution >= 0.6 is 11.6 Å². The van der Waals surface area contributed by atoms with Crippen molar-refractivity contribution in [1.82, 2.24) is 14.9 Å². The molecule has 1 aromatic carbocycles. The van der Waals surface area contributed by atoms with Crippen molar-refractivity contribution in [2.75, 3.05) is 13.1 Å². The van der Waals surface area contributed by atoms with Gasteiger partial charge in [0.05, 0.1) is 17.4 Å². The third kappa shape index (κ3) is 3.76. The zero-order valence-corrected chi connectivity index (χ0v) is 13.4. The highest BCUT2D eigenvalue weighted by Crippen LogP contribution is 2.25. The first-order valence-electron chi connectivity index (χ1n) is 7.65. The predicted molar refractivity (Wildman–Crippen MR) is 87.1 cm³/mol. The number of benzene rings is 1. The van der Waals surface area contributed by atoms with Crippen molar-refractivity contribution < 1.29 is 4.74 Å². The van der Waals surface area contributed by atoms with Crippen molar-refractivity contribution in [3.05, 3.63) is 53.3 Å². The van der Waals surface area contributed by atoms with Crippen molar-refractivity contribution in [1.29, 1.82) is 0 Å². The van der Waals surface area contributed by atoms with Crippen LogP contribution in [0.2, 0.25) is 5.02 Å². The molecule has 0 radical (unpaired) electrons. The van der Waals surface area contributed by atoms with Crippen LogP contribution in [0.4, 0.5) is 0 Å². The lowest BCUT2D eigenvalue weighted by Crippen LogP contribution is -2.39. The molecule has 1 aromatic heterocycles. The molecular formula is C17H20ClN3O. The molecule has 116 valence electrons. The molecule has 3 rings (SSSR count). The van der Waals surface area contributed by atoms with Gasteiger partial charge in [0.25, 0.3) is 0 Å². The summed E-state index contributed by atoms with van der Waals surface area (Å²) in [7, 11) is 0. The molecule has 0 bridgehead atoms. The number of halogens is 1. The van der Waals surface area contributed by atoms with Crippen LogP contribution < -0.4 is 4.74 Å². The first-order valence-corrected chi connectivity index (χ1v) is 8.03. The van der Waals surface area contributed by atoms with E-state index in [9.17, 15) is 0 Å². The van der Waals surface area contributed by atoms with Crippen LogP contribution in [-0.2, 0) is 0 Å². The Kier molecular flexibility index (Phi) is 4.90. The summed E-state index contributed by atoms with van der Waals surface area (Å²) in [5, 5.41) is 0.527. The predicted octanol–water partition coefficient (Wildman–Crippen LogP) is 3.73. The molecule has 1 aliphatic heterocycles. The largest absolute Gasteiger partial charge is 0.460 e. The minimum atomic E-state index is 0.181. The van der Waals surface area contributed by atoms with Crippen molar-refractivity contribution in [2.45, 2.75) is 31.9 Å². The summed E-state index contributed by atoms with van der Waals surface area (Å²) in [6, 6.07) is 11.5. The number of likely N-dealkylation sites (tertiary alicyclic amines) is 1. The van der Waals surface area contributed by atoms with Gasteiger partial charge in [-0.1, -0.05) is 41.9 Å². The molecule has 2 aromatic rings. The smallest absolute Gasteiger partial charge is 0.316 e. The van der Waals surface area contributed by atoms with E-state index in [1.54, 1.807) is 12.4 Å². The Morgan fingerprint density at radius 3 is 2.41 bits per heavy atom. The van der Waals surface area contributed by atoms with E-state index >= 15 is 0 Å². The number of piperidine rings is 1. The fraction of sp³-hybridized carbons (Fsp3) is 0.412. The molecule has 22 heavy (non-hydrogen) atoms. The second-order valence-corrected chi connectivity index (χ2v) is 6.06. The normalized spacial score (nSPS) is 18.1. The molecule has 0 aliphatic carbocycles. The maximum atomic E-state index is 5.84. The van der Waals surface area contributed by atoms with E-state index in [0.29, 0.717) is 17.1 Å². The zero-order valence-electron chi connectivity index (χ0n) is 12.7. The molecule has 1 fully saturated rings. The Hall–Kier alpha value is -1.65. The Balaban J connectivity index is 1.53. The number of aromatic nitrogens is 2. The lowest BCUT2D eigenvalue weighted by Gasteiger charge is -2.35. The molecular weight excluding hydrogens is 298 g/mol. The molecule has 5 heteroatoms. The monoisotopic (exact) mass is 317 g/mol. The van der Waals surface area contributed by atoms with E-state index in [-0.39, 0.29) is 6.10 Å². The van der Waals surface area contributed by atoms with Gasteiger partial charge in [0.15, 0.2) is 0 Å². The van der Waals surface area contributed by atoms with Crippen LogP contribution in [0.3, 0.4) is 0 Å². The van der Waals surface area contributed by atoms with E-state index < -0.39 is 0 Å². The molecule has 1 atom stereocenters. The van der Waals surface area contributed by atoms with Crippen LogP contribution in [0.25, 0.3) is 0 Å². The molecule has 1 unspecified atom stereocenters. The fourth-order valence-electron chi connectivity index (χ4n) is 2.83. The SMILES string of the molecule is CC(c1ccccc1)N1CCC(Oc2ncc(Cl)cn2)CC1. The van der Waals surface area contributed by atoms with Crippen molar-refractivity contribution in [3.63, 3.8) is 0 Å². The summed E-state index contributed by atoms with van der Waals surface area (Å²) in [6.45, 7) is 4.31. The van der Waals surface area contributed by atoms with Gasteiger partial charge in [-0.05, 0) is 25.3 Å². The Morgan fingerprint density at radius 2 is 1.77 bits per heavy atom. The van der Waals surface area contributed by atoms with E-state index in [2.05, 4.69) is 52.1 Å². The first-order chi connectivity index (χ1) is 10.7. The average molecular weight is 318 g/mol. The summed E-state index contributed by atoms with van der Waals surface area (Å²) < 4.78 is 5.84. The van der Waals surface area contributed by atoms with Crippen LogP contribution in [0.1, 0.15) is 31.4 Å². The van der Waals surface area contributed by atoms with Crippen molar-refractivity contribution in [2.24, 2.45) is 0 Å². The van der Waals surface area contributed by atoms with Gasteiger partial charge in [-0.2, -0.15) is 0 Å². The summed E-state index contributed by atoms with van der Waals surface area (Å²) in [4.78, 5) is 10.7. The molecule has 0 N–H and O–H groups in total. The van der Waals surface area contributed by atoms with Crippen LogP contribution in [0, 0.1) is 0 Å². The minimum absolute atomic E-state index is 0.181. The van der Waals surface area contributed by atoms with E-state index in [4.69, 9.17) is 16.3 Å². The zero-order chi connectivity index (χ0) is 15.4. The highest BCUT2D eigenvalue weighted by Gasteiger charge is 2.24. The molecule has 0 saturated carbocycles. The first kappa shape index (κ1) is 15.3. The van der Waals surface area contributed by atoms with Crippen molar-refractivity contribution in [3.8, 4) is 6.01 Å². The van der Waals surface area contributed by atoms with Gasteiger partial charge >= 0.3 is 6.01 Å². The second-order valence-electron chi connectivity index (χ2n) is 5.62. The summed E-state index contributed by atoms with van der Waals surface area (Å²) in [5.41, 5.74) is 1.36. The standard InChI is InChI=1S/C17H20ClN3O/c1-13(14-5-3-2-4-6-14)21-9-7-16(8-10-21)22-17-19-11-15(18)12-20-17/h2-6,11-13,16H,7-10H2,1H3. The van der Waals surface area contributed by atoms with Crippen LogP contribution in [-0.4, -0.2) is 34.1 Å². The number of rotatable bonds is 4. The van der Waals surface area contributed by atoms with E-state index in [0.717, 1.165) is 25.9 Å².